The lowest BCUT2D eigenvalue weighted by Crippen LogP contribution is -1.95. The Bertz CT molecular complexity index is 1560. The fourth-order valence-corrected chi connectivity index (χ4v) is 4.09. The summed E-state index contributed by atoms with van der Waals surface area (Å²) in [6.07, 6.45) is 3.67. The molecule has 0 radical (unpaired) electrons. The lowest BCUT2D eigenvalue weighted by atomic mass is 9.99. The Balaban J connectivity index is 1.53. The molecule has 4 aromatic carbocycles. The van der Waals surface area contributed by atoms with Gasteiger partial charge < -0.3 is 0 Å². The quantitative estimate of drug-likeness (QED) is 0.311. The summed E-state index contributed by atoms with van der Waals surface area (Å²) < 4.78 is 0. The number of aromatic nitrogens is 3. The maximum Gasteiger partial charge on any atom is 0.0973 e. The molecule has 0 aliphatic carbocycles. The third-order valence-corrected chi connectivity index (χ3v) is 5.75. The van der Waals surface area contributed by atoms with Gasteiger partial charge in [0.2, 0.25) is 0 Å². The summed E-state index contributed by atoms with van der Waals surface area (Å²) in [5.74, 6) is 0. The molecule has 6 rings (SSSR count). The van der Waals surface area contributed by atoms with Gasteiger partial charge in [-0.15, -0.1) is 0 Å². The summed E-state index contributed by atoms with van der Waals surface area (Å²) in [5, 5.41) is 2.41. The molecule has 0 fully saturated rings. The summed E-state index contributed by atoms with van der Waals surface area (Å²) >= 11 is 0. The molecule has 2 heterocycles. The van der Waals surface area contributed by atoms with E-state index in [4.69, 9.17) is 9.97 Å². The highest BCUT2D eigenvalue weighted by atomic mass is 14.8. The fourth-order valence-electron chi connectivity index (χ4n) is 4.09. The summed E-state index contributed by atoms with van der Waals surface area (Å²) in [5.41, 5.74) is 7.89. The number of benzene rings is 4. The van der Waals surface area contributed by atoms with E-state index in [2.05, 4.69) is 77.8 Å². The minimum absolute atomic E-state index is 0.886. The number of hydrogen-bond donors (Lipinski definition) is 0. The first-order valence-electron chi connectivity index (χ1n) is 10.6. The molecule has 0 spiro atoms. The third-order valence-electron chi connectivity index (χ3n) is 5.75. The molecule has 0 amide bonds. The number of hydrogen-bond acceptors (Lipinski definition) is 3. The molecule has 2 aromatic heterocycles. The van der Waals surface area contributed by atoms with Crippen LogP contribution in [0.15, 0.2) is 116 Å². The van der Waals surface area contributed by atoms with E-state index in [0.717, 1.165) is 44.7 Å². The number of rotatable bonds is 3. The average molecular weight is 409 g/mol. The zero-order valence-corrected chi connectivity index (χ0v) is 17.3. The second-order valence-corrected chi connectivity index (χ2v) is 7.79. The summed E-state index contributed by atoms with van der Waals surface area (Å²) in [6.45, 7) is 0. The van der Waals surface area contributed by atoms with Crippen molar-refractivity contribution in [2.24, 2.45) is 0 Å². The number of pyridine rings is 1. The van der Waals surface area contributed by atoms with Crippen LogP contribution in [0.3, 0.4) is 0 Å². The third kappa shape index (κ3) is 3.30. The molecule has 3 heteroatoms. The van der Waals surface area contributed by atoms with Crippen LogP contribution < -0.4 is 0 Å². The summed E-state index contributed by atoms with van der Waals surface area (Å²) in [4.78, 5) is 14.3. The fraction of sp³-hybridized carbons (Fsp3) is 0. The van der Waals surface area contributed by atoms with E-state index < -0.39 is 0 Å². The van der Waals surface area contributed by atoms with Crippen molar-refractivity contribution in [1.82, 2.24) is 15.0 Å². The van der Waals surface area contributed by atoms with Crippen molar-refractivity contribution < 1.29 is 0 Å². The Morgan fingerprint density at radius 1 is 0.438 bits per heavy atom. The number of para-hydroxylation sites is 2. The van der Waals surface area contributed by atoms with Crippen LogP contribution in [0.1, 0.15) is 0 Å². The van der Waals surface area contributed by atoms with Crippen molar-refractivity contribution in [1.29, 1.82) is 0 Å². The SMILES string of the molecule is c1cncc(-c2ccc(-c3nc4ccccc4nc3-c3ccc4ccccc4c3)cc2)c1. The molecular weight excluding hydrogens is 390 g/mol. The average Bonchev–Trinajstić information content (AvgIpc) is 2.88. The molecule has 0 saturated carbocycles. The standard InChI is InChI=1S/C29H19N3/c1-2-7-23-18-24(16-13-20(23)6-1)29-28(31-26-9-3-4-10-27(26)32-29)22-14-11-21(12-15-22)25-8-5-17-30-19-25/h1-19H. The van der Waals surface area contributed by atoms with Crippen molar-refractivity contribution in [2.45, 2.75) is 0 Å². The first-order chi connectivity index (χ1) is 15.8. The van der Waals surface area contributed by atoms with E-state index in [0.29, 0.717) is 0 Å². The van der Waals surface area contributed by atoms with Gasteiger partial charge in [0.25, 0.3) is 0 Å². The predicted octanol–water partition coefficient (Wildman–Crippen LogP) is 7.18. The molecule has 0 saturated heterocycles. The summed E-state index contributed by atoms with van der Waals surface area (Å²) in [7, 11) is 0. The second-order valence-electron chi connectivity index (χ2n) is 7.79. The Kier molecular flexibility index (Phi) is 4.43. The lowest BCUT2D eigenvalue weighted by Gasteiger charge is -2.12. The van der Waals surface area contributed by atoms with Crippen LogP contribution >= 0.6 is 0 Å². The minimum atomic E-state index is 0.886. The monoisotopic (exact) mass is 409 g/mol. The van der Waals surface area contributed by atoms with Crippen LogP contribution in [-0.2, 0) is 0 Å². The predicted molar refractivity (Wildman–Crippen MR) is 131 cm³/mol. The molecule has 0 aliphatic heterocycles. The topological polar surface area (TPSA) is 38.7 Å². The Morgan fingerprint density at radius 2 is 1.06 bits per heavy atom. The normalized spacial score (nSPS) is 11.1. The molecule has 0 bridgehead atoms. The smallest absolute Gasteiger partial charge is 0.0973 e. The van der Waals surface area contributed by atoms with Crippen LogP contribution in [0.5, 0.6) is 0 Å². The van der Waals surface area contributed by atoms with Gasteiger partial charge in [0.05, 0.1) is 22.4 Å². The van der Waals surface area contributed by atoms with Gasteiger partial charge >= 0.3 is 0 Å². The van der Waals surface area contributed by atoms with Gasteiger partial charge in [-0.2, -0.15) is 0 Å². The molecule has 0 N–H and O–H groups in total. The van der Waals surface area contributed by atoms with Crippen molar-refractivity contribution in [3.63, 3.8) is 0 Å². The van der Waals surface area contributed by atoms with Gasteiger partial charge in [0.15, 0.2) is 0 Å². The molecular formula is C29H19N3. The van der Waals surface area contributed by atoms with Gasteiger partial charge in [-0.05, 0) is 46.2 Å². The highest BCUT2D eigenvalue weighted by Crippen LogP contribution is 2.33. The van der Waals surface area contributed by atoms with E-state index in [1.54, 1.807) is 6.20 Å². The van der Waals surface area contributed by atoms with Gasteiger partial charge in [-0.3, -0.25) is 4.98 Å². The van der Waals surface area contributed by atoms with Gasteiger partial charge in [0, 0.05) is 23.5 Å². The van der Waals surface area contributed by atoms with Crippen LogP contribution in [0, 0.1) is 0 Å². The van der Waals surface area contributed by atoms with Crippen molar-refractivity contribution >= 4 is 21.8 Å². The van der Waals surface area contributed by atoms with Crippen LogP contribution in [0.25, 0.3) is 55.4 Å². The first kappa shape index (κ1) is 18.4. The Morgan fingerprint density at radius 3 is 1.78 bits per heavy atom. The number of fused-ring (bicyclic) bond motifs is 2. The molecule has 150 valence electrons. The molecule has 3 nitrogen and oxygen atoms in total. The molecule has 0 aliphatic rings. The summed E-state index contributed by atoms with van der Waals surface area (Å²) in [6, 6.07) is 35.4. The highest BCUT2D eigenvalue weighted by molar-refractivity contribution is 5.91. The van der Waals surface area contributed by atoms with Gasteiger partial charge in [-0.25, -0.2) is 9.97 Å². The maximum absolute atomic E-state index is 5.04. The van der Waals surface area contributed by atoms with E-state index in [-0.39, 0.29) is 0 Å². The van der Waals surface area contributed by atoms with E-state index in [9.17, 15) is 0 Å². The Labute approximate surface area is 186 Å². The van der Waals surface area contributed by atoms with Crippen molar-refractivity contribution in [3.8, 4) is 33.6 Å². The van der Waals surface area contributed by atoms with E-state index >= 15 is 0 Å². The highest BCUT2D eigenvalue weighted by Gasteiger charge is 2.14. The van der Waals surface area contributed by atoms with Crippen LogP contribution in [0.2, 0.25) is 0 Å². The van der Waals surface area contributed by atoms with Crippen molar-refractivity contribution in [2.75, 3.05) is 0 Å². The van der Waals surface area contributed by atoms with E-state index in [1.165, 1.54) is 10.8 Å². The molecule has 0 atom stereocenters. The Hall–Kier alpha value is -4.37. The van der Waals surface area contributed by atoms with Gasteiger partial charge in [-0.1, -0.05) is 78.9 Å². The molecule has 0 unspecified atom stereocenters. The van der Waals surface area contributed by atoms with Crippen LogP contribution in [-0.4, -0.2) is 15.0 Å². The largest absolute Gasteiger partial charge is 0.264 e. The molecule has 32 heavy (non-hydrogen) atoms. The molecule has 6 aromatic rings. The first-order valence-corrected chi connectivity index (χ1v) is 10.6. The maximum atomic E-state index is 5.04. The second kappa shape index (κ2) is 7.71. The van der Waals surface area contributed by atoms with E-state index in [1.807, 2.05) is 36.5 Å². The zero-order chi connectivity index (χ0) is 21.3. The lowest BCUT2D eigenvalue weighted by molar-refractivity contribution is 1.29. The zero-order valence-electron chi connectivity index (χ0n) is 17.3. The van der Waals surface area contributed by atoms with Crippen LogP contribution in [0.4, 0.5) is 0 Å². The number of nitrogens with zero attached hydrogens (tertiary/aromatic N) is 3. The van der Waals surface area contributed by atoms with Gasteiger partial charge in [0.1, 0.15) is 0 Å². The van der Waals surface area contributed by atoms with Crippen molar-refractivity contribution in [3.05, 3.63) is 116 Å². The minimum Gasteiger partial charge on any atom is -0.264 e.